The molecule has 0 radical (unpaired) electrons. The van der Waals surface area contributed by atoms with Crippen molar-refractivity contribution in [3.8, 4) is 11.5 Å². The zero-order valence-corrected chi connectivity index (χ0v) is 17.4. The number of aliphatic hydroxyl groups is 1. The highest BCUT2D eigenvalue weighted by molar-refractivity contribution is 5.69. The monoisotopic (exact) mass is 419 g/mol. The van der Waals surface area contributed by atoms with E-state index >= 15 is 0 Å². The van der Waals surface area contributed by atoms with Gasteiger partial charge in [-0.15, -0.1) is 0 Å². The standard InChI is InChI=1S/C25H25NO5/c1-26-12-11-25-17-8-9-19(27)23(25)31-22-20(10-7-16(21(22)25)13-18(17)26)30-24(28)29-14-15-5-3-2-4-6-15/h2-10,17-19,23,27H,11-14H2,1H3/t17-,18+,19-,23-,25-/m0/s1. The van der Waals surface area contributed by atoms with Gasteiger partial charge < -0.3 is 24.2 Å². The van der Waals surface area contributed by atoms with Crippen molar-refractivity contribution >= 4 is 6.16 Å². The van der Waals surface area contributed by atoms with Gasteiger partial charge in [-0.25, -0.2) is 4.79 Å². The molecular weight excluding hydrogens is 394 g/mol. The molecule has 2 aliphatic heterocycles. The normalized spacial score (nSPS) is 32.2. The molecule has 2 aromatic rings. The first-order chi connectivity index (χ1) is 15.1. The second-order valence-corrected chi connectivity index (χ2v) is 9.04. The summed E-state index contributed by atoms with van der Waals surface area (Å²) in [6, 6.07) is 13.7. The number of piperidine rings is 1. The molecule has 6 nitrogen and oxygen atoms in total. The molecule has 160 valence electrons. The molecule has 1 spiro atoms. The third kappa shape index (κ3) is 2.68. The first-order valence-electron chi connectivity index (χ1n) is 10.9. The van der Waals surface area contributed by atoms with Crippen LogP contribution in [0.3, 0.4) is 0 Å². The molecule has 6 heteroatoms. The highest BCUT2D eigenvalue weighted by atomic mass is 16.7. The molecule has 1 N–H and O–H groups in total. The number of benzene rings is 2. The van der Waals surface area contributed by atoms with Gasteiger partial charge in [-0.1, -0.05) is 48.6 Å². The molecule has 2 aromatic carbocycles. The maximum absolute atomic E-state index is 12.4. The van der Waals surface area contributed by atoms with Crippen molar-refractivity contribution in [3.63, 3.8) is 0 Å². The highest BCUT2D eigenvalue weighted by Crippen LogP contribution is 2.62. The molecule has 0 aromatic heterocycles. The van der Waals surface area contributed by atoms with Gasteiger partial charge in [0, 0.05) is 22.9 Å². The lowest BCUT2D eigenvalue weighted by molar-refractivity contribution is -0.0453. The number of hydrogen-bond donors (Lipinski definition) is 1. The Labute approximate surface area is 181 Å². The van der Waals surface area contributed by atoms with Crippen LogP contribution in [0.15, 0.2) is 54.6 Å². The zero-order chi connectivity index (χ0) is 21.2. The van der Waals surface area contributed by atoms with Crippen LogP contribution in [0, 0.1) is 5.92 Å². The van der Waals surface area contributed by atoms with Gasteiger partial charge in [0.15, 0.2) is 11.5 Å². The van der Waals surface area contributed by atoms with E-state index in [0.29, 0.717) is 17.5 Å². The number of carbonyl (C=O) groups is 1. The van der Waals surface area contributed by atoms with Crippen molar-refractivity contribution in [1.29, 1.82) is 0 Å². The number of likely N-dealkylation sites (tertiary alicyclic amines) is 1. The maximum Gasteiger partial charge on any atom is 0.514 e. The second kappa shape index (κ2) is 6.84. The highest BCUT2D eigenvalue weighted by Gasteiger charge is 2.64. The van der Waals surface area contributed by atoms with Gasteiger partial charge >= 0.3 is 6.16 Å². The number of carbonyl (C=O) groups excluding carboxylic acids is 1. The van der Waals surface area contributed by atoms with Gasteiger partial charge in [0.05, 0.1) is 0 Å². The topological polar surface area (TPSA) is 68.2 Å². The van der Waals surface area contributed by atoms with E-state index in [4.69, 9.17) is 14.2 Å². The van der Waals surface area contributed by atoms with Gasteiger partial charge in [-0.3, -0.25) is 0 Å². The molecular formula is C25H25NO5. The number of aliphatic hydroxyl groups excluding tert-OH is 1. The van der Waals surface area contributed by atoms with Gasteiger partial charge in [-0.05, 0) is 43.6 Å². The number of rotatable bonds is 3. The van der Waals surface area contributed by atoms with Gasteiger partial charge in [0.1, 0.15) is 18.8 Å². The summed E-state index contributed by atoms with van der Waals surface area (Å²) in [5.41, 5.74) is 2.95. The molecule has 1 fully saturated rings. The van der Waals surface area contributed by atoms with E-state index in [-0.39, 0.29) is 24.0 Å². The second-order valence-electron chi connectivity index (χ2n) is 9.04. The summed E-state index contributed by atoms with van der Waals surface area (Å²) >= 11 is 0. The molecule has 31 heavy (non-hydrogen) atoms. The molecule has 2 aliphatic carbocycles. The Morgan fingerprint density at radius 1 is 1.23 bits per heavy atom. The van der Waals surface area contributed by atoms with E-state index in [2.05, 4.69) is 18.0 Å². The Kier molecular flexibility index (Phi) is 4.17. The minimum Gasteiger partial charge on any atom is -0.482 e. The summed E-state index contributed by atoms with van der Waals surface area (Å²) in [5, 5.41) is 10.8. The third-order valence-electron chi connectivity index (χ3n) is 7.53. The number of ether oxygens (including phenoxy) is 3. The molecule has 1 saturated heterocycles. The van der Waals surface area contributed by atoms with Crippen LogP contribution in [-0.2, 0) is 23.2 Å². The average molecular weight is 419 g/mol. The Morgan fingerprint density at radius 2 is 2.06 bits per heavy atom. The lowest BCUT2D eigenvalue weighted by atomic mass is 9.53. The van der Waals surface area contributed by atoms with Crippen molar-refractivity contribution in [2.75, 3.05) is 13.6 Å². The predicted octanol–water partition coefficient (Wildman–Crippen LogP) is 3.21. The molecule has 4 aliphatic rings. The van der Waals surface area contributed by atoms with Crippen LogP contribution in [0.25, 0.3) is 0 Å². The largest absolute Gasteiger partial charge is 0.514 e. The predicted molar refractivity (Wildman–Crippen MR) is 113 cm³/mol. The third-order valence-corrected chi connectivity index (χ3v) is 7.53. The van der Waals surface area contributed by atoms with E-state index in [9.17, 15) is 9.90 Å². The summed E-state index contributed by atoms with van der Waals surface area (Å²) in [6.45, 7) is 1.09. The molecule has 0 amide bonds. The number of likely N-dealkylation sites (N-methyl/N-ethyl adjacent to an activating group) is 1. The fourth-order valence-electron chi connectivity index (χ4n) is 6.14. The van der Waals surface area contributed by atoms with Crippen LogP contribution in [-0.4, -0.2) is 48.0 Å². The van der Waals surface area contributed by atoms with Crippen LogP contribution >= 0.6 is 0 Å². The Bertz CT molecular complexity index is 1070. The van der Waals surface area contributed by atoms with Crippen LogP contribution in [0.5, 0.6) is 11.5 Å². The van der Waals surface area contributed by atoms with Gasteiger partial charge in [0.2, 0.25) is 0 Å². The van der Waals surface area contributed by atoms with Crippen molar-refractivity contribution < 1.29 is 24.1 Å². The summed E-state index contributed by atoms with van der Waals surface area (Å²) in [4.78, 5) is 14.8. The zero-order valence-electron chi connectivity index (χ0n) is 17.4. The molecule has 2 heterocycles. The van der Waals surface area contributed by atoms with E-state index in [1.807, 2.05) is 42.5 Å². The van der Waals surface area contributed by atoms with Crippen molar-refractivity contribution in [1.82, 2.24) is 4.90 Å². The van der Waals surface area contributed by atoms with E-state index < -0.39 is 12.3 Å². The van der Waals surface area contributed by atoms with Crippen LogP contribution < -0.4 is 9.47 Å². The molecule has 6 rings (SSSR count). The lowest BCUT2D eigenvalue weighted by Crippen LogP contribution is -2.64. The van der Waals surface area contributed by atoms with E-state index in [1.165, 1.54) is 5.56 Å². The fraction of sp³-hybridized carbons (Fsp3) is 0.400. The molecule has 2 bridgehead atoms. The maximum atomic E-state index is 12.4. The number of hydrogen-bond acceptors (Lipinski definition) is 6. The summed E-state index contributed by atoms with van der Waals surface area (Å²) in [6.07, 6.45) is 4.05. The van der Waals surface area contributed by atoms with Crippen molar-refractivity contribution in [2.45, 2.75) is 43.1 Å². The smallest absolute Gasteiger partial charge is 0.482 e. The van der Waals surface area contributed by atoms with Crippen LogP contribution in [0.1, 0.15) is 23.1 Å². The fourth-order valence-corrected chi connectivity index (χ4v) is 6.14. The first-order valence-corrected chi connectivity index (χ1v) is 10.9. The molecule has 0 unspecified atom stereocenters. The van der Waals surface area contributed by atoms with Crippen LogP contribution in [0.2, 0.25) is 0 Å². The molecule has 0 saturated carbocycles. The minimum atomic E-state index is -0.761. The van der Waals surface area contributed by atoms with Crippen molar-refractivity contribution in [2.24, 2.45) is 5.92 Å². The van der Waals surface area contributed by atoms with Gasteiger partial charge in [0.25, 0.3) is 0 Å². The van der Waals surface area contributed by atoms with E-state index in [0.717, 1.165) is 30.5 Å². The summed E-state index contributed by atoms with van der Waals surface area (Å²) < 4.78 is 17.3. The minimum absolute atomic E-state index is 0.145. The Hall–Kier alpha value is -2.83. The lowest BCUT2D eigenvalue weighted by Gasteiger charge is -2.56. The number of nitrogens with zero attached hydrogens (tertiary/aromatic N) is 1. The summed E-state index contributed by atoms with van der Waals surface area (Å²) in [5.74, 6) is 1.23. The van der Waals surface area contributed by atoms with Crippen molar-refractivity contribution in [3.05, 3.63) is 71.3 Å². The van der Waals surface area contributed by atoms with Gasteiger partial charge in [-0.2, -0.15) is 0 Å². The summed E-state index contributed by atoms with van der Waals surface area (Å²) in [7, 11) is 2.17. The quantitative estimate of drug-likeness (QED) is 0.468. The SMILES string of the molecule is CN1CC[C@]23c4c5ccc(OC(=O)OCc6ccccc6)c4O[C@H]2[C@@H](O)C=C[C@H]3[C@H]1C5. The average Bonchev–Trinajstić information content (AvgIpc) is 3.14. The first kappa shape index (κ1) is 18.9. The Morgan fingerprint density at radius 3 is 2.90 bits per heavy atom. The Balaban J connectivity index is 1.33. The van der Waals surface area contributed by atoms with E-state index in [1.54, 1.807) is 6.07 Å². The molecule has 5 atom stereocenters. The van der Waals surface area contributed by atoms with Crippen LogP contribution in [0.4, 0.5) is 4.79 Å².